The third kappa shape index (κ3) is 3.56. The van der Waals surface area contributed by atoms with E-state index >= 15 is 0 Å². The lowest BCUT2D eigenvalue weighted by molar-refractivity contribution is -0.115. The molecule has 0 radical (unpaired) electrons. The van der Waals surface area contributed by atoms with Gasteiger partial charge in [0.15, 0.2) is 0 Å². The Labute approximate surface area is 122 Å². The first kappa shape index (κ1) is 14.9. The van der Waals surface area contributed by atoms with Gasteiger partial charge in [0, 0.05) is 5.56 Å². The zero-order valence-corrected chi connectivity index (χ0v) is 11.7. The molecule has 1 atom stereocenters. The van der Waals surface area contributed by atoms with E-state index < -0.39 is 21.1 Å². The van der Waals surface area contributed by atoms with Crippen molar-refractivity contribution in [3.05, 3.63) is 66.2 Å². The molecular formula is C16H11FO3S. The quantitative estimate of drug-likeness (QED) is 0.818. The van der Waals surface area contributed by atoms with Gasteiger partial charge in [-0.05, 0) is 30.2 Å². The van der Waals surface area contributed by atoms with Gasteiger partial charge in [0.25, 0.3) is 11.3 Å². The highest BCUT2D eigenvalue weighted by Crippen LogP contribution is 2.17. The van der Waals surface area contributed by atoms with Crippen LogP contribution < -0.4 is 0 Å². The summed E-state index contributed by atoms with van der Waals surface area (Å²) in [5.41, 5.74) is -2.17. The molecule has 0 saturated carbocycles. The molecule has 0 spiro atoms. The molecular weight excluding hydrogens is 291 g/mol. The van der Waals surface area contributed by atoms with Gasteiger partial charge in [-0.3, -0.25) is 4.79 Å². The predicted molar refractivity (Wildman–Crippen MR) is 76.9 cm³/mol. The average Bonchev–Trinajstić information content (AvgIpc) is 2.53. The number of alkyl halides is 1. The normalized spacial score (nSPS) is 12.0. The minimum atomic E-state index is -4.36. The number of benzene rings is 2. The van der Waals surface area contributed by atoms with Crippen LogP contribution >= 0.6 is 0 Å². The van der Waals surface area contributed by atoms with Crippen molar-refractivity contribution in [2.45, 2.75) is 10.4 Å². The summed E-state index contributed by atoms with van der Waals surface area (Å²) < 4.78 is 37.8. The fraction of sp³-hybridized carbons (Fsp3) is 0.0625. The highest BCUT2D eigenvalue weighted by Gasteiger charge is 2.32. The number of hydrogen-bond donors (Lipinski definition) is 0. The zero-order valence-electron chi connectivity index (χ0n) is 10.9. The van der Waals surface area contributed by atoms with Crippen molar-refractivity contribution in [3.8, 4) is 11.8 Å². The fourth-order valence-corrected chi connectivity index (χ4v) is 2.70. The van der Waals surface area contributed by atoms with Crippen LogP contribution in [0.2, 0.25) is 0 Å². The van der Waals surface area contributed by atoms with E-state index in [2.05, 4.69) is 5.92 Å². The highest BCUT2D eigenvalue weighted by atomic mass is 32.2. The fourth-order valence-electron chi connectivity index (χ4n) is 1.58. The standard InChI is InChI=1S/C16H11FO3S/c17-16(21(19,20)14-9-5-2-6-10-14)15(18)12-11-13-7-3-1-4-8-13/h1-10,16H. The Bertz CT molecular complexity index is 788. The summed E-state index contributed by atoms with van der Waals surface area (Å²) in [6.07, 6.45) is 0. The van der Waals surface area contributed by atoms with Crippen LogP contribution in [0.3, 0.4) is 0 Å². The lowest BCUT2D eigenvalue weighted by atomic mass is 10.2. The van der Waals surface area contributed by atoms with Crippen molar-refractivity contribution in [1.29, 1.82) is 0 Å². The molecule has 2 aromatic rings. The summed E-state index contributed by atoms with van der Waals surface area (Å²) in [6.45, 7) is 0. The van der Waals surface area contributed by atoms with Gasteiger partial charge in [-0.25, -0.2) is 12.8 Å². The molecule has 0 bridgehead atoms. The van der Waals surface area contributed by atoms with E-state index in [4.69, 9.17) is 0 Å². The van der Waals surface area contributed by atoms with Crippen molar-refractivity contribution < 1.29 is 17.6 Å². The van der Waals surface area contributed by atoms with Gasteiger partial charge in [0.05, 0.1) is 4.90 Å². The number of carbonyl (C=O) groups is 1. The number of hydrogen-bond acceptors (Lipinski definition) is 3. The Morgan fingerprint density at radius 2 is 1.48 bits per heavy atom. The maximum Gasteiger partial charge on any atom is 0.274 e. The molecule has 0 fully saturated rings. The SMILES string of the molecule is O=C(C#Cc1ccccc1)C(F)S(=O)(=O)c1ccccc1. The summed E-state index contributed by atoms with van der Waals surface area (Å²) >= 11 is 0. The first-order chi connectivity index (χ1) is 10.0. The van der Waals surface area contributed by atoms with E-state index in [1.807, 2.05) is 5.92 Å². The predicted octanol–water partition coefficient (Wildman–Crippen LogP) is 2.38. The molecule has 0 heterocycles. The Balaban J connectivity index is 2.23. The third-order valence-electron chi connectivity index (χ3n) is 2.65. The van der Waals surface area contributed by atoms with E-state index in [-0.39, 0.29) is 4.90 Å². The Morgan fingerprint density at radius 1 is 0.952 bits per heavy atom. The maximum absolute atomic E-state index is 13.9. The topological polar surface area (TPSA) is 51.2 Å². The first-order valence-corrected chi connectivity index (χ1v) is 7.60. The minimum Gasteiger partial charge on any atom is -0.280 e. The van der Waals surface area contributed by atoms with Crippen molar-refractivity contribution in [2.75, 3.05) is 0 Å². The summed E-state index contributed by atoms with van der Waals surface area (Å²) in [5, 5.41) is 0. The third-order valence-corrected chi connectivity index (χ3v) is 4.34. The molecule has 0 aliphatic heterocycles. The molecule has 21 heavy (non-hydrogen) atoms. The van der Waals surface area contributed by atoms with Gasteiger partial charge in [-0.2, -0.15) is 0 Å². The Kier molecular flexibility index (Phi) is 4.51. The van der Waals surface area contributed by atoms with Gasteiger partial charge in [-0.15, -0.1) is 0 Å². The van der Waals surface area contributed by atoms with Crippen LogP contribution in [0, 0.1) is 11.8 Å². The molecule has 106 valence electrons. The number of halogens is 1. The van der Waals surface area contributed by atoms with Crippen LogP contribution in [0.1, 0.15) is 5.56 Å². The number of ketones is 1. The number of Topliss-reactive ketones (excluding diaryl/α,β-unsaturated/α-hetero) is 1. The monoisotopic (exact) mass is 302 g/mol. The molecule has 0 N–H and O–H groups in total. The smallest absolute Gasteiger partial charge is 0.274 e. The maximum atomic E-state index is 13.9. The van der Waals surface area contributed by atoms with E-state index in [0.29, 0.717) is 5.56 Å². The molecule has 3 nitrogen and oxygen atoms in total. The Hall–Kier alpha value is -2.45. The Morgan fingerprint density at radius 3 is 2.05 bits per heavy atom. The molecule has 5 heteroatoms. The average molecular weight is 302 g/mol. The lowest BCUT2D eigenvalue weighted by Gasteiger charge is -2.05. The minimum absolute atomic E-state index is 0.243. The van der Waals surface area contributed by atoms with Crippen molar-refractivity contribution in [1.82, 2.24) is 0 Å². The summed E-state index contributed by atoms with van der Waals surface area (Å²) in [6, 6.07) is 15.5. The van der Waals surface area contributed by atoms with Crippen LogP contribution in [-0.2, 0) is 14.6 Å². The number of sulfone groups is 1. The van der Waals surface area contributed by atoms with E-state index in [1.54, 1.807) is 36.4 Å². The first-order valence-electron chi connectivity index (χ1n) is 6.06. The molecule has 0 aliphatic rings. The van der Waals surface area contributed by atoms with Gasteiger partial charge in [0.2, 0.25) is 9.84 Å². The molecule has 1 unspecified atom stereocenters. The van der Waals surface area contributed by atoms with Gasteiger partial charge in [0.1, 0.15) is 0 Å². The highest BCUT2D eigenvalue weighted by molar-refractivity contribution is 7.92. The summed E-state index contributed by atoms with van der Waals surface area (Å²) in [7, 11) is -4.36. The van der Waals surface area contributed by atoms with E-state index in [0.717, 1.165) is 0 Å². The summed E-state index contributed by atoms with van der Waals surface area (Å²) in [4.78, 5) is 11.4. The molecule has 2 aromatic carbocycles. The van der Waals surface area contributed by atoms with E-state index in [9.17, 15) is 17.6 Å². The molecule has 0 saturated heterocycles. The second kappa shape index (κ2) is 6.33. The van der Waals surface area contributed by atoms with Gasteiger partial charge < -0.3 is 0 Å². The van der Waals surface area contributed by atoms with Crippen LogP contribution in [0.4, 0.5) is 4.39 Å². The van der Waals surface area contributed by atoms with Crippen LogP contribution in [0.25, 0.3) is 0 Å². The van der Waals surface area contributed by atoms with Crippen LogP contribution in [0.15, 0.2) is 65.6 Å². The molecule has 0 aliphatic carbocycles. The van der Waals surface area contributed by atoms with Gasteiger partial charge >= 0.3 is 0 Å². The summed E-state index contributed by atoms with van der Waals surface area (Å²) in [5.74, 6) is 3.20. The number of carbonyl (C=O) groups excluding carboxylic acids is 1. The second-order valence-corrected chi connectivity index (χ2v) is 6.13. The molecule has 0 aromatic heterocycles. The second-order valence-electron chi connectivity index (χ2n) is 4.15. The number of rotatable bonds is 3. The van der Waals surface area contributed by atoms with Crippen molar-refractivity contribution in [3.63, 3.8) is 0 Å². The van der Waals surface area contributed by atoms with Crippen molar-refractivity contribution in [2.24, 2.45) is 0 Å². The van der Waals surface area contributed by atoms with Gasteiger partial charge in [-0.1, -0.05) is 42.3 Å². The van der Waals surface area contributed by atoms with E-state index in [1.165, 1.54) is 24.3 Å². The zero-order chi connectivity index (χ0) is 15.3. The molecule has 0 amide bonds. The molecule has 2 rings (SSSR count). The lowest BCUT2D eigenvalue weighted by Crippen LogP contribution is -2.25. The largest absolute Gasteiger partial charge is 0.280 e. The van der Waals surface area contributed by atoms with Crippen LogP contribution in [0.5, 0.6) is 0 Å². The van der Waals surface area contributed by atoms with Crippen LogP contribution in [-0.4, -0.2) is 19.7 Å². The van der Waals surface area contributed by atoms with Crippen molar-refractivity contribution >= 4 is 15.6 Å².